The van der Waals surface area contributed by atoms with Crippen LogP contribution in [0.2, 0.25) is 0 Å². The summed E-state index contributed by atoms with van der Waals surface area (Å²) in [6.45, 7) is 2.50. The molecule has 0 radical (unpaired) electrons. The van der Waals surface area contributed by atoms with E-state index in [0.717, 1.165) is 21.3 Å². The first kappa shape index (κ1) is 15.7. The largest absolute Gasteiger partial charge is 0.368 e. The average molecular weight is 363 g/mol. The third-order valence-electron chi connectivity index (χ3n) is 2.92. The molecule has 0 unspecified atom stereocenters. The monoisotopic (exact) mass is 362 g/mol. The second-order valence-electron chi connectivity index (χ2n) is 4.59. The average Bonchev–Trinajstić information content (AvgIpc) is 2.49. The number of nitrogens with one attached hydrogen (secondary N) is 2. The molecular weight excluding hydrogens is 348 g/mol. The fourth-order valence-electron chi connectivity index (χ4n) is 1.77. The van der Waals surface area contributed by atoms with Crippen LogP contribution < -0.4 is 10.6 Å². The summed E-state index contributed by atoms with van der Waals surface area (Å²) in [6.07, 6.45) is 0. The number of hydrogen-bond acceptors (Lipinski definition) is 2. The molecule has 21 heavy (non-hydrogen) atoms. The van der Waals surface area contributed by atoms with Crippen LogP contribution in [-0.2, 0) is 11.3 Å². The van der Waals surface area contributed by atoms with Crippen LogP contribution >= 0.6 is 28.1 Å². The van der Waals surface area contributed by atoms with Crippen LogP contribution in [0, 0.1) is 6.92 Å². The number of benzene rings is 2. The minimum atomic E-state index is -0.303. The molecule has 0 aliphatic carbocycles. The Morgan fingerprint density at radius 1 is 1.19 bits per heavy atom. The molecule has 0 saturated heterocycles. The molecule has 0 aliphatic rings. The highest BCUT2D eigenvalue weighted by Gasteiger charge is 2.09. The van der Waals surface area contributed by atoms with Crippen molar-refractivity contribution in [3.8, 4) is 0 Å². The molecule has 108 valence electrons. The Morgan fingerprint density at radius 2 is 1.90 bits per heavy atom. The number of thiocarbonyl (C=S) groups is 1. The van der Waals surface area contributed by atoms with Crippen molar-refractivity contribution < 1.29 is 4.79 Å². The van der Waals surface area contributed by atoms with Crippen LogP contribution in [0.1, 0.15) is 11.1 Å². The van der Waals surface area contributed by atoms with Crippen molar-refractivity contribution in [1.29, 1.82) is 0 Å². The van der Waals surface area contributed by atoms with Crippen LogP contribution in [-0.4, -0.2) is 10.9 Å². The van der Waals surface area contributed by atoms with E-state index in [1.165, 1.54) is 0 Å². The fraction of sp³-hybridized carbons (Fsp3) is 0.125. The lowest BCUT2D eigenvalue weighted by Gasteiger charge is -2.10. The number of aryl methyl sites for hydroxylation is 1. The van der Waals surface area contributed by atoms with E-state index in [4.69, 9.17) is 12.2 Å². The molecule has 0 aliphatic heterocycles. The van der Waals surface area contributed by atoms with E-state index in [1.54, 1.807) is 0 Å². The van der Waals surface area contributed by atoms with Crippen molar-refractivity contribution in [2.75, 3.05) is 5.32 Å². The topological polar surface area (TPSA) is 41.1 Å². The molecular formula is C16H15BrN2OS. The lowest BCUT2D eigenvalue weighted by Crippen LogP contribution is -2.33. The number of halogens is 1. The third-order valence-corrected chi connectivity index (χ3v) is 4.14. The number of anilines is 1. The van der Waals surface area contributed by atoms with Crippen LogP contribution in [0.25, 0.3) is 0 Å². The second kappa shape index (κ2) is 7.33. The van der Waals surface area contributed by atoms with E-state index in [9.17, 15) is 4.79 Å². The highest BCUT2D eigenvalue weighted by Crippen LogP contribution is 2.19. The van der Waals surface area contributed by atoms with Gasteiger partial charge in [0.15, 0.2) is 4.99 Å². The van der Waals surface area contributed by atoms with Gasteiger partial charge in [-0.15, -0.1) is 0 Å². The Labute approximate surface area is 137 Å². The summed E-state index contributed by atoms with van der Waals surface area (Å²) in [5.41, 5.74) is 2.85. The molecule has 0 heterocycles. The first-order valence-electron chi connectivity index (χ1n) is 6.45. The summed E-state index contributed by atoms with van der Waals surface area (Å²) >= 11 is 8.53. The van der Waals surface area contributed by atoms with Gasteiger partial charge in [0.2, 0.25) is 0 Å². The molecule has 0 fully saturated rings. The predicted octanol–water partition coefficient (Wildman–Crippen LogP) is 3.81. The first-order valence-corrected chi connectivity index (χ1v) is 7.65. The van der Waals surface area contributed by atoms with Gasteiger partial charge < -0.3 is 10.6 Å². The molecule has 1 amide bonds. The third kappa shape index (κ3) is 4.65. The van der Waals surface area contributed by atoms with Crippen molar-refractivity contribution in [3.63, 3.8) is 0 Å². The van der Waals surface area contributed by atoms with Gasteiger partial charge in [-0.1, -0.05) is 58.5 Å². The standard InChI is InChI=1S/C16H15BrN2OS/c1-11-9-13(7-8-14(11)17)19-15(20)16(21)18-10-12-5-3-2-4-6-12/h2-9H,10H2,1H3,(H,18,21)(H,19,20). The van der Waals surface area contributed by atoms with Gasteiger partial charge in [0.1, 0.15) is 0 Å². The Hall–Kier alpha value is -1.72. The van der Waals surface area contributed by atoms with Gasteiger partial charge in [0.05, 0.1) is 0 Å². The van der Waals surface area contributed by atoms with Crippen molar-refractivity contribution in [2.45, 2.75) is 13.5 Å². The van der Waals surface area contributed by atoms with E-state index < -0.39 is 0 Å². The number of carbonyl (C=O) groups is 1. The van der Waals surface area contributed by atoms with E-state index in [2.05, 4.69) is 26.6 Å². The van der Waals surface area contributed by atoms with E-state index in [1.807, 2.05) is 55.5 Å². The van der Waals surface area contributed by atoms with Crippen LogP contribution in [0.3, 0.4) is 0 Å². The highest BCUT2D eigenvalue weighted by atomic mass is 79.9. The second-order valence-corrected chi connectivity index (χ2v) is 5.85. The molecule has 0 spiro atoms. The van der Waals surface area contributed by atoms with Gasteiger partial charge in [0.25, 0.3) is 5.91 Å². The lowest BCUT2D eigenvalue weighted by molar-refractivity contribution is -0.110. The predicted molar refractivity (Wildman–Crippen MR) is 93.4 cm³/mol. The normalized spacial score (nSPS) is 10.0. The van der Waals surface area contributed by atoms with Crippen molar-refractivity contribution >= 4 is 44.7 Å². The zero-order valence-corrected chi connectivity index (χ0v) is 13.9. The molecule has 2 aromatic rings. The Balaban J connectivity index is 1.90. The lowest BCUT2D eigenvalue weighted by atomic mass is 10.2. The molecule has 0 saturated carbocycles. The minimum absolute atomic E-state index is 0.180. The van der Waals surface area contributed by atoms with Crippen LogP contribution in [0.15, 0.2) is 53.0 Å². The van der Waals surface area contributed by atoms with Gasteiger partial charge in [-0.3, -0.25) is 4.79 Å². The number of carbonyl (C=O) groups excluding carboxylic acids is 1. The highest BCUT2D eigenvalue weighted by molar-refractivity contribution is 9.10. The van der Waals surface area contributed by atoms with Crippen LogP contribution in [0.5, 0.6) is 0 Å². The summed E-state index contributed by atoms with van der Waals surface area (Å²) in [7, 11) is 0. The summed E-state index contributed by atoms with van der Waals surface area (Å²) in [5.74, 6) is -0.303. The minimum Gasteiger partial charge on any atom is -0.368 e. The van der Waals surface area contributed by atoms with Crippen molar-refractivity contribution in [1.82, 2.24) is 5.32 Å². The van der Waals surface area contributed by atoms with Gasteiger partial charge in [-0.25, -0.2) is 0 Å². The summed E-state index contributed by atoms with van der Waals surface area (Å²) in [6, 6.07) is 15.4. The number of amides is 1. The Kier molecular flexibility index (Phi) is 5.47. The number of hydrogen-bond donors (Lipinski definition) is 2. The summed E-state index contributed by atoms with van der Waals surface area (Å²) < 4.78 is 1.00. The quantitative estimate of drug-likeness (QED) is 0.815. The van der Waals surface area contributed by atoms with Crippen molar-refractivity contribution in [3.05, 3.63) is 64.1 Å². The maximum absolute atomic E-state index is 12.0. The molecule has 2 aromatic carbocycles. The molecule has 0 atom stereocenters. The Morgan fingerprint density at radius 3 is 2.57 bits per heavy atom. The van der Waals surface area contributed by atoms with Gasteiger partial charge in [-0.05, 0) is 36.2 Å². The van der Waals surface area contributed by atoms with Gasteiger partial charge >= 0.3 is 0 Å². The van der Waals surface area contributed by atoms with E-state index in [0.29, 0.717) is 6.54 Å². The van der Waals surface area contributed by atoms with Gasteiger partial charge in [0, 0.05) is 16.7 Å². The maximum Gasteiger partial charge on any atom is 0.283 e. The number of rotatable bonds is 3. The van der Waals surface area contributed by atoms with Crippen LogP contribution in [0.4, 0.5) is 5.69 Å². The molecule has 5 heteroatoms. The summed E-state index contributed by atoms with van der Waals surface area (Å²) in [4.78, 5) is 12.2. The van der Waals surface area contributed by atoms with Gasteiger partial charge in [-0.2, -0.15) is 0 Å². The first-order chi connectivity index (χ1) is 10.1. The van der Waals surface area contributed by atoms with E-state index >= 15 is 0 Å². The smallest absolute Gasteiger partial charge is 0.283 e. The molecule has 2 N–H and O–H groups in total. The molecule has 0 bridgehead atoms. The fourth-order valence-corrected chi connectivity index (χ4v) is 2.14. The Bertz CT molecular complexity index is 659. The zero-order chi connectivity index (χ0) is 15.2. The zero-order valence-electron chi connectivity index (χ0n) is 11.5. The molecule has 2 rings (SSSR count). The van der Waals surface area contributed by atoms with E-state index in [-0.39, 0.29) is 10.9 Å². The molecule has 0 aromatic heterocycles. The molecule has 3 nitrogen and oxygen atoms in total. The maximum atomic E-state index is 12.0. The summed E-state index contributed by atoms with van der Waals surface area (Å²) in [5, 5.41) is 5.74. The SMILES string of the molecule is Cc1cc(NC(=O)C(=S)NCc2ccccc2)ccc1Br. The van der Waals surface area contributed by atoms with Crippen molar-refractivity contribution in [2.24, 2.45) is 0 Å².